The molecule has 1 aliphatic heterocycles. The molecule has 1 amide bonds. The van der Waals surface area contributed by atoms with Crippen LogP contribution in [0.1, 0.15) is 6.42 Å². The molecule has 0 saturated carbocycles. The van der Waals surface area contributed by atoms with Crippen molar-refractivity contribution in [3.63, 3.8) is 0 Å². The molecule has 1 aromatic carbocycles. The predicted molar refractivity (Wildman–Crippen MR) is 72.3 cm³/mol. The molecule has 1 fully saturated rings. The number of benzene rings is 1. The molecular formula is C12H14Cl2N2O2. The second kappa shape index (κ2) is 5.89. The third-order valence-electron chi connectivity index (χ3n) is 2.93. The highest BCUT2D eigenvalue weighted by atomic mass is 35.5. The smallest absolute Gasteiger partial charge is 0.241 e. The van der Waals surface area contributed by atoms with Gasteiger partial charge in [0.1, 0.15) is 0 Å². The number of carbonyl (C=O) groups excluding carboxylic acids is 1. The number of hydrogen-bond donors (Lipinski definition) is 2. The van der Waals surface area contributed by atoms with Crippen molar-refractivity contribution >= 4 is 34.8 Å². The van der Waals surface area contributed by atoms with Gasteiger partial charge in [0.15, 0.2) is 0 Å². The number of methoxy groups -OCH3 is 1. The van der Waals surface area contributed by atoms with Gasteiger partial charge in [0.25, 0.3) is 0 Å². The van der Waals surface area contributed by atoms with Crippen LogP contribution in [-0.4, -0.2) is 31.7 Å². The van der Waals surface area contributed by atoms with Gasteiger partial charge in [-0.2, -0.15) is 0 Å². The van der Waals surface area contributed by atoms with Gasteiger partial charge in [-0.3, -0.25) is 4.79 Å². The average Bonchev–Trinajstić information content (AvgIpc) is 2.81. The van der Waals surface area contributed by atoms with E-state index in [2.05, 4.69) is 10.6 Å². The average molecular weight is 289 g/mol. The zero-order valence-corrected chi connectivity index (χ0v) is 11.4. The largest absolute Gasteiger partial charge is 0.380 e. The third kappa shape index (κ3) is 3.14. The molecule has 2 unspecified atom stereocenters. The number of nitrogens with one attached hydrogen (secondary N) is 2. The first kappa shape index (κ1) is 13.6. The molecule has 6 heteroatoms. The SMILES string of the molecule is COC1CNC(C(=O)Nc2ccc(Cl)cc2Cl)C1. The van der Waals surface area contributed by atoms with Crippen molar-refractivity contribution in [2.75, 3.05) is 19.0 Å². The van der Waals surface area contributed by atoms with Crippen LogP contribution >= 0.6 is 23.2 Å². The zero-order valence-electron chi connectivity index (χ0n) is 9.87. The lowest BCUT2D eigenvalue weighted by atomic mass is 10.2. The molecule has 2 rings (SSSR count). The second-order valence-electron chi connectivity index (χ2n) is 4.17. The molecule has 1 saturated heterocycles. The molecular weight excluding hydrogens is 275 g/mol. The fourth-order valence-corrected chi connectivity index (χ4v) is 2.35. The van der Waals surface area contributed by atoms with Crippen molar-refractivity contribution in [3.05, 3.63) is 28.2 Å². The summed E-state index contributed by atoms with van der Waals surface area (Å²) in [6.45, 7) is 0.683. The summed E-state index contributed by atoms with van der Waals surface area (Å²) >= 11 is 11.8. The normalized spacial score (nSPS) is 23.1. The highest BCUT2D eigenvalue weighted by Gasteiger charge is 2.29. The number of halogens is 2. The molecule has 1 aromatic rings. The lowest BCUT2D eigenvalue weighted by Crippen LogP contribution is -2.35. The monoisotopic (exact) mass is 288 g/mol. The van der Waals surface area contributed by atoms with Crippen LogP contribution in [0.25, 0.3) is 0 Å². The number of ether oxygens (including phenoxy) is 1. The van der Waals surface area contributed by atoms with E-state index < -0.39 is 0 Å². The Bertz CT molecular complexity index is 454. The Hall–Kier alpha value is -0.810. The molecule has 2 atom stereocenters. The van der Waals surface area contributed by atoms with Crippen LogP contribution in [0.4, 0.5) is 5.69 Å². The number of hydrogen-bond acceptors (Lipinski definition) is 3. The molecule has 0 spiro atoms. The standard InChI is InChI=1S/C12H14Cl2N2O2/c1-18-8-5-11(15-6-8)12(17)16-10-3-2-7(13)4-9(10)14/h2-4,8,11,15H,5-6H2,1H3,(H,16,17). The fraction of sp³-hybridized carbons (Fsp3) is 0.417. The van der Waals surface area contributed by atoms with E-state index in [1.54, 1.807) is 25.3 Å². The highest BCUT2D eigenvalue weighted by molar-refractivity contribution is 6.36. The van der Waals surface area contributed by atoms with Crippen molar-refractivity contribution in [1.29, 1.82) is 0 Å². The van der Waals surface area contributed by atoms with Crippen molar-refractivity contribution < 1.29 is 9.53 Å². The summed E-state index contributed by atoms with van der Waals surface area (Å²) in [5.74, 6) is -0.112. The Morgan fingerprint density at radius 2 is 2.28 bits per heavy atom. The van der Waals surface area contributed by atoms with Crippen molar-refractivity contribution in [2.45, 2.75) is 18.6 Å². The molecule has 0 aromatic heterocycles. The Morgan fingerprint density at radius 3 is 2.89 bits per heavy atom. The van der Waals surface area contributed by atoms with Crippen LogP contribution in [0.5, 0.6) is 0 Å². The van der Waals surface area contributed by atoms with Crippen LogP contribution < -0.4 is 10.6 Å². The number of anilines is 1. The quantitative estimate of drug-likeness (QED) is 0.897. The Morgan fingerprint density at radius 1 is 1.50 bits per heavy atom. The molecule has 0 aliphatic carbocycles. The summed E-state index contributed by atoms with van der Waals surface area (Å²) in [5, 5.41) is 6.84. The summed E-state index contributed by atoms with van der Waals surface area (Å²) in [6, 6.07) is 4.72. The maximum absolute atomic E-state index is 12.0. The van der Waals surface area contributed by atoms with Crippen molar-refractivity contribution in [3.8, 4) is 0 Å². The van der Waals surface area contributed by atoms with E-state index in [1.165, 1.54) is 0 Å². The Balaban J connectivity index is 1.99. The number of carbonyl (C=O) groups is 1. The molecule has 18 heavy (non-hydrogen) atoms. The highest BCUT2D eigenvalue weighted by Crippen LogP contribution is 2.25. The van der Waals surface area contributed by atoms with Gasteiger partial charge >= 0.3 is 0 Å². The molecule has 1 aliphatic rings. The second-order valence-corrected chi connectivity index (χ2v) is 5.01. The third-order valence-corrected chi connectivity index (χ3v) is 3.48. The van der Waals surface area contributed by atoms with E-state index in [1.807, 2.05) is 0 Å². The zero-order chi connectivity index (χ0) is 13.1. The molecule has 98 valence electrons. The van der Waals surface area contributed by atoms with Gasteiger partial charge in [-0.1, -0.05) is 23.2 Å². The van der Waals surface area contributed by atoms with Gasteiger partial charge < -0.3 is 15.4 Å². The maximum atomic E-state index is 12.0. The van der Waals surface area contributed by atoms with Crippen LogP contribution in [0, 0.1) is 0 Å². The molecule has 2 N–H and O–H groups in total. The lowest BCUT2D eigenvalue weighted by Gasteiger charge is -2.12. The van der Waals surface area contributed by atoms with Crippen molar-refractivity contribution in [1.82, 2.24) is 5.32 Å². The van der Waals surface area contributed by atoms with E-state index in [-0.39, 0.29) is 18.1 Å². The summed E-state index contributed by atoms with van der Waals surface area (Å²) in [6.07, 6.45) is 0.745. The fourth-order valence-electron chi connectivity index (χ4n) is 1.89. The van der Waals surface area contributed by atoms with Crippen LogP contribution in [0.2, 0.25) is 10.0 Å². The number of rotatable bonds is 3. The minimum atomic E-state index is -0.248. The van der Waals surface area contributed by atoms with E-state index in [0.717, 1.165) is 0 Å². The van der Waals surface area contributed by atoms with Crippen LogP contribution in [0.15, 0.2) is 18.2 Å². The van der Waals surface area contributed by atoms with Gasteiger partial charge in [0.2, 0.25) is 5.91 Å². The maximum Gasteiger partial charge on any atom is 0.241 e. The summed E-state index contributed by atoms with van der Waals surface area (Å²) in [4.78, 5) is 12.0. The van der Waals surface area contributed by atoms with Gasteiger partial charge in [-0.05, 0) is 24.6 Å². The molecule has 0 radical (unpaired) electrons. The minimum Gasteiger partial charge on any atom is -0.380 e. The summed E-state index contributed by atoms with van der Waals surface area (Å²) < 4.78 is 5.20. The van der Waals surface area contributed by atoms with Crippen LogP contribution in [0.3, 0.4) is 0 Å². The van der Waals surface area contributed by atoms with E-state index in [0.29, 0.717) is 28.7 Å². The van der Waals surface area contributed by atoms with Crippen LogP contribution in [-0.2, 0) is 9.53 Å². The lowest BCUT2D eigenvalue weighted by molar-refractivity contribution is -0.118. The first-order valence-electron chi connectivity index (χ1n) is 5.62. The number of amides is 1. The minimum absolute atomic E-state index is 0.0847. The molecule has 1 heterocycles. The van der Waals surface area contributed by atoms with Gasteiger partial charge in [0, 0.05) is 18.7 Å². The summed E-state index contributed by atoms with van der Waals surface area (Å²) in [7, 11) is 1.64. The first-order chi connectivity index (χ1) is 8.60. The van der Waals surface area contributed by atoms with Gasteiger partial charge in [-0.25, -0.2) is 0 Å². The van der Waals surface area contributed by atoms with E-state index in [4.69, 9.17) is 27.9 Å². The predicted octanol–water partition coefficient (Wildman–Crippen LogP) is 2.31. The van der Waals surface area contributed by atoms with Gasteiger partial charge in [-0.15, -0.1) is 0 Å². The summed E-state index contributed by atoms with van der Waals surface area (Å²) in [5.41, 5.74) is 0.564. The van der Waals surface area contributed by atoms with Crippen molar-refractivity contribution in [2.24, 2.45) is 0 Å². The van der Waals surface area contributed by atoms with E-state index >= 15 is 0 Å². The Labute approximate surface area is 116 Å². The Kier molecular flexibility index (Phi) is 4.45. The first-order valence-corrected chi connectivity index (χ1v) is 6.38. The molecule has 4 nitrogen and oxygen atoms in total. The van der Waals surface area contributed by atoms with E-state index in [9.17, 15) is 4.79 Å². The van der Waals surface area contributed by atoms with Gasteiger partial charge in [0.05, 0.1) is 22.9 Å². The topological polar surface area (TPSA) is 50.4 Å². The molecule has 0 bridgehead atoms.